The molecule has 0 amide bonds. The number of rotatable bonds is 4. The Labute approximate surface area is 124 Å². The molecule has 2 aromatic carbocycles. The van der Waals surface area contributed by atoms with Gasteiger partial charge in [0.15, 0.2) is 0 Å². The van der Waals surface area contributed by atoms with Crippen LogP contribution in [-0.4, -0.2) is 4.92 Å². The number of nitro groups is 1. The molecule has 0 bridgehead atoms. The van der Waals surface area contributed by atoms with Gasteiger partial charge in [0.2, 0.25) is 5.75 Å². The van der Waals surface area contributed by atoms with Crippen molar-refractivity contribution < 1.29 is 14.1 Å². The van der Waals surface area contributed by atoms with Gasteiger partial charge in [0.1, 0.15) is 23.2 Å². The Morgan fingerprint density at radius 1 is 1.33 bits per heavy atom. The van der Waals surface area contributed by atoms with E-state index >= 15 is 0 Å². The summed E-state index contributed by atoms with van der Waals surface area (Å²) in [5.41, 5.74) is -0.0648. The maximum absolute atomic E-state index is 13.5. The third kappa shape index (κ3) is 3.09. The number of hydrogen-bond acceptors (Lipinski definition) is 4. The van der Waals surface area contributed by atoms with Gasteiger partial charge in [-0.25, -0.2) is 4.39 Å². The van der Waals surface area contributed by atoms with Crippen molar-refractivity contribution in [2.24, 2.45) is 0 Å². The van der Waals surface area contributed by atoms with Crippen LogP contribution in [0.25, 0.3) is 0 Å². The van der Waals surface area contributed by atoms with Crippen LogP contribution in [0.4, 0.5) is 10.1 Å². The fraction of sp³-hybridized carbons (Fsp3) is 0.0714. The predicted octanol–water partition coefficient (Wildman–Crippen LogP) is 4.14. The summed E-state index contributed by atoms with van der Waals surface area (Å²) in [4.78, 5) is 10.4. The van der Waals surface area contributed by atoms with Crippen LogP contribution in [0.3, 0.4) is 0 Å². The summed E-state index contributed by atoms with van der Waals surface area (Å²) >= 11 is 5.63. The fourth-order valence-corrected chi connectivity index (χ4v) is 1.86. The Bertz CT molecular complexity index is 743. The van der Waals surface area contributed by atoms with Crippen LogP contribution < -0.4 is 4.74 Å². The highest BCUT2D eigenvalue weighted by molar-refractivity contribution is 6.17. The Kier molecular flexibility index (Phi) is 4.36. The third-order valence-electron chi connectivity index (χ3n) is 2.68. The molecule has 0 fully saturated rings. The first kappa shape index (κ1) is 14.8. The lowest BCUT2D eigenvalue weighted by Crippen LogP contribution is -1.97. The normalized spacial score (nSPS) is 9.95. The van der Waals surface area contributed by atoms with E-state index in [9.17, 15) is 14.5 Å². The average molecular weight is 307 g/mol. The van der Waals surface area contributed by atoms with Crippen molar-refractivity contribution in [3.63, 3.8) is 0 Å². The van der Waals surface area contributed by atoms with Crippen molar-refractivity contribution in [1.29, 1.82) is 5.26 Å². The first-order valence-corrected chi connectivity index (χ1v) is 6.30. The number of ether oxygens (including phenoxy) is 1. The van der Waals surface area contributed by atoms with E-state index in [-0.39, 0.29) is 28.6 Å². The monoisotopic (exact) mass is 306 g/mol. The Hall–Kier alpha value is -2.65. The van der Waals surface area contributed by atoms with Crippen LogP contribution in [-0.2, 0) is 5.88 Å². The molecule has 0 radical (unpaired) electrons. The van der Waals surface area contributed by atoms with E-state index in [2.05, 4.69) is 0 Å². The highest BCUT2D eigenvalue weighted by atomic mass is 35.5. The lowest BCUT2D eigenvalue weighted by Gasteiger charge is -2.09. The van der Waals surface area contributed by atoms with E-state index in [0.29, 0.717) is 5.56 Å². The second kappa shape index (κ2) is 6.20. The number of halogens is 2. The SMILES string of the molecule is N#Cc1c(F)cccc1Oc1ccc(CCl)cc1[N+](=O)[O-]. The Morgan fingerprint density at radius 3 is 2.71 bits per heavy atom. The van der Waals surface area contributed by atoms with Crippen molar-refractivity contribution >= 4 is 17.3 Å². The molecule has 0 unspecified atom stereocenters. The summed E-state index contributed by atoms with van der Waals surface area (Å²) in [6, 6.07) is 9.68. The summed E-state index contributed by atoms with van der Waals surface area (Å²) in [5.74, 6) is -0.810. The van der Waals surface area contributed by atoms with Gasteiger partial charge in [0.05, 0.1) is 4.92 Å². The molecular formula is C14H8ClFN2O3. The molecular weight excluding hydrogens is 299 g/mol. The molecule has 0 aliphatic carbocycles. The van der Waals surface area contributed by atoms with Crippen LogP contribution >= 0.6 is 11.6 Å². The molecule has 0 heterocycles. The van der Waals surface area contributed by atoms with Crippen LogP contribution in [0.2, 0.25) is 0 Å². The number of nitriles is 1. The molecule has 0 aliphatic rings. The highest BCUT2D eigenvalue weighted by Crippen LogP contribution is 2.34. The molecule has 0 aliphatic heterocycles. The van der Waals surface area contributed by atoms with Gasteiger partial charge in [0.25, 0.3) is 0 Å². The van der Waals surface area contributed by atoms with E-state index in [1.54, 1.807) is 12.1 Å². The zero-order valence-corrected chi connectivity index (χ0v) is 11.3. The quantitative estimate of drug-likeness (QED) is 0.483. The molecule has 2 rings (SSSR count). The number of hydrogen-bond donors (Lipinski definition) is 0. The molecule has 21 heavy (non-hydrogen) atoms. The summed E-state index contributed by atoms with van der Waals surface area (Å²) in [7, 11) is 0. The molecule has 0 atom stereocenters. The summed E-state index contributed by atoms with van der Waals surface area (Å²) in [6.45, 7) is 0. The van der Waals surface area contributed by atoms with Crippen molar-refractivity contribution in [3.05, 3.63) is 63.5 Å². The molecule has 7 heteroatoms. The van der Waals surface area contributed by atoms with Crippen LogP contribution in [0.1, 0.15) is 11.1 Å². The lowest BCUT2D eigenvalue weighted by molar-refractivity contribution is -0.385. The van der Waals surface area contributed by atoms with Gasteiger partial charge in [-0.05, 0) is 23.8 Å². The lowest BCUT2D eigenvalue weighted by atomic mass is 10.2. The molecule has 0 saturated heterocycles. The van der Waals surface area contributed by atoms with Crippen LogP contribution in [0.15, 0.2) is 36.4 Å². The van der Waals surface area contributed by atoms with Crippen molar-refractivity contribution in [2.75, 3.05) is 0 Å². The molecule has 0 saturated carbocycles. The highest BCUT2D eigenvalue weighted by Gasteiger charge is 2.19. The smallest absolute Gasteiger partial charge is 0.311 e. The van der Waals surface area contributed by atoms with E-state index in [0.717, 1.165) is 6.07 Å². The zero-order valence-electron chi connectivity index (χ0n) is 10.5. The minimum absolute atomic E-state index is 0.0841. The average Bonchev–Trinajstić information content (AvgIpc) is 2.47. The fourth-order valence-electron chi connectivity index (χ4n) is 1.69. The van der Waals surface area contributed by atoms with E-state index in [1.165, 1.54) is 24.3 Å². The van der Waals surface area contributed by atoms with Gasteiger partial charge in [-0.1, -0.05) is 12.1 Å². The minimum atomic E-state index is -0.755. The largest absolute Gasteiger partial charge is 0.449 e. The zero-order chi connectivity index (χ0) is 15.4. The van der Waals surface area contributed by atoms with Gasteiger partial charge in [-0.15, -0.1) is 11.6 Å². The van der Waals surface area contributed by atoms with Gasteiger partial charge in [-0.2, -0.15) is 5.26 Å². The Morgan fingerprint density at radius 2 is 2.10 bits per heavy atom. The molecule has 0 spiro atoms. The van der Waals surface area contributed by atoms with Crippen LogP contribution in [0.5, 0.6) is 11.5 Å². The second-order valence-electron chi connectivity index (χ2n) is 4.02. The van der Waals surface area contributed by atoms with Gasteiger partial charge in [0, 0.05) is 11.9 Å². The molecule has 106 valence electrons. The Balaban J connectivity index is 2.48. The van der Waals surface area contributed by atoms with Crippen molar-refractivity contribution in [1.82, 2.24) is 0 Å². The van der Waals surface area contributed by atoms with Crippen molar-refractivity contribution in [2.45, 2.75) is 5.88 Å². The van der Waals surface area contributed by atoms with Gasteiger partial charge in [-0.3, -0.25) is 10.1 Å². The molecule has 0 aromatic heterocycles. The van der Waals surface area contributed by atoms with E-state index < -0.39 is 10.7 Å². The summed E-state index contributed by atoms with van der Waals surface area (Å²) in [5, 5.41) is 20.0. The van der Waals surface area contributed by atoms with Gasteiger partial charge < -0.3 is 4.74 Å². The first-order valence-electron chi connectivity index (χ1n) is 5.76. The molecule has 2 aromatic rings. The minimum Gasteiger partial charge on any atom is -0.449 e. The first-order chi connectivity index (χ1) is 10.1. The summed E-state index contributed by atoms with van der Waals surface area (Å²) < 4.78 is 18.8. The second-order valence-corrected chi connectivity index (χ2v) is 4.29. The standard InChI is InChI=1S/C14H8ClFN2O3/c15-7-9-4-5-14(12(6-9)18(19)20)21-13-3-1-2-11(16)10(13)8-17/h1-6H,7H2. The maximum Gasteiger partial charge on any atom is 0.311 e. The summed E-state index contributed by atoms with van der Waals surface area (Å²) in [6.07, 6.45) is 0. The predicted molar refractivity (Wildman–Crippen MR) is 73.8 cm³/mol. The van der Waals surface area contributed by atoms with Crippen LogP contribution in [0, 0.1) is 27.3 Å². The molecule has 0 N–H and O–H groups in total. The number of alkyl halides is 1. The topological polar surface area (TPSA) is 76.2 Å². The third-order valence-corrected chi connectivity index (χ3v) is 2.99. The van der Waals surface area contributed by atoms with E-state index in [4.69, 9.17) is 21.6 Å². The van der Waals surface area contributed by atoms with E-state index in [1.807, 2.05) is 0 Å². The molecule has 5 nitrogen and oxygen atoms in total. The number of nitrogens with zero attached hydrogens (tertiary/aromatic N) is 2. The maximum atomic E-state index is 13.5. The van der Waals surface area contributed by atoms with Gasteiger partial charge >= 0.3 is 5.69 Å². The van der Waals surface area contributed by atoms with Crippen molar-refractivity contribution in [3.8, 4) is 17.6 Å². The number of benzene rings is 2. The number of nitro benzene ring substituents is 1.